The normalized spacial score (nSPS) is 12.1. The number of halogens is 1. The fraction of sp³-hybridized carbons (Fsp3) is 0.344. The maximum Gasteiger partial charge on any atom is 0.138 e. The van der Waals surface area contributed by atoms with Crippen LogP contribution in [0.5, 0.6) is 5.75 Å². The second kappa shape index (κ2) is 15.0. The van der Waals surface area contributed by atoms with Crippen molar-refractivity contribution in [2.75, 3.05) is 13.2 Å². The first-order valence-electron chi connectivity index (χ1n) is 13.0. The van der Waals surface area contributed by atoms with Crippen LogP contribution in [0.15, 0.2) is 79.5 Å². The number of benzene rings is 2. The number of aromatic nitrogens is 1. The molecule has 0 saturated heterocycles. The monoisotopic (exact) mass is 487 g/mol. The molecule has 0 bridgehead atoms. The maximum absolute atomic E-state index is 14.9. The molecule has 0 saturated carbocycles. The molecule has 0 aliphatic rings. The summed E-state index contributed by atoms with van der Waals surface area (Å²) in [6.45, 7) is 9.29. The lowest BCUT2D eigenvalue weighted by molar-refractivity contribution is 0.0566. The van der Waals surface area contributed by atoms with E-state index in [0.29, 0.717) is 24.0 Å². The van der Waals surface area contributed by atoms with Crippen molar-refractivity contribution in [2.24, 2.45) is 0 Å². The Bertz CT molecular complexity index is 1090. The lowest BCUT2D eigenvalue weighted by Gasteiger charge is -2.12. The number of hydrogen-bond donors (Lipinski definition) is 0. The van der Waals surface area contributed by atoms with Crippen LogP contribution >= 0.6 is 0 Å². The summed E-state index contributed by atoms with van der Waals surface area (Å²) < 4.78 is 26.2. The first kappa shape index (κ1) is 27.3. The minimum Gasteiger partial charge on any atom is -0.488 e. The number of unbranched alkanes of at least 4 members (excludes halogenated alkanes) is 3. The van der Waals surface area contributed by atoms with E-state index >= 15 is 0 Å². The van der Waals surface area contributed by atoms with E-state index < -0.39 is 0 Å². The molecule has 0 radical (unpaired) electrons. The lowest BCUT2D eigenvalue weighted by atomic mass is 10.0. The molecule has 0 spiro atoms. The zero-order chi connectivity index (χ0) is 25.6. The summed E-state index contributed by atoms with van der Waals surface area (Å²) in [6.07, 6.45) is 14.5. The van der Waals surface area contributed by atoms with Crippen LogP contribution in [0.4, 0.5) is 4.39 Å². The topological polar surface area (TPSA) is 31.4 Å². The molecule has 0 aliphatic carbocycles. The second-order valence-electron chi connectivity index (χ2n) is 9.02. The van der Waals surface area contributed by atoms with Crippen LogP contribution < -0.4 is 4.74 Å². The Morgan fingerprint density at radius 3 is 2.50 bits per heavy atom. The number of pyridine rings is 1. The zero-order valence-corrected chi connectivity index (χ0v) is 21.6. The summed E-state index contributed by atoms with van der Waals surface area (Å²) in [7, 11) is 0. The molecule has 190 valence electrons. The Morgan fingerprint density at radius 2 is 1.81 bits per heavy atom. The van der Waals surface area contributed by atoms with Gasteiger partial charge in [-0.2, -0.15) is 0 Å². The van der Waals surface area contributed by atoms with E-state index in [1.54, 1.807) is 18.3 Å². The van der Waals surface area contributed by atoms with Gasteiger partial charge in [0.05, 0.1) is 18.0 Å². The minimum absolute atomic E-state index is 0.221. The number of nitrogens with zero attached hydrogens (tertiary/aromatic N) is 1. The van der Waals surface area contributed by atoms with Crippen molar-refractivity contribution in [1.29, 1.82) is 0 Å². The largest absolute Gasteiger partial charge is 0.488 e. The fourth-order valence-electron chi connectivity index (χ4n) is 3.94. The van der Waals surface area contributed by atoms with Gasteiger partial charge < -0.3 is 9.47 Å². The van der Waals surface area contributed by atoms with Crippen LogP contribution in [0.1, 0.15) is 57.9 Å². The van der Waals surface area contributed by atoms with Gasteiger partial charge in [-0.15, -0.1) is 0 Å². The Balaban J connectivity index is 1.51. The van der Waals surface area contributed by atoms with E-state index in [1.807, 2.05) is 54.6 Å². The van der Waals surface area contributed by atoms with E-state index in [2.05, 4.69) is 31.5 Å². The van der Waals surface area contributed by atoms with E-state index in [9.17, 15) is 4.39 Å². The van der Waals surface area contributed by atoms with E-state index in [1.165, 1.54) is 12.8 Å². The number of ether oxygens (including phenoxy) is 2. The summed E-state index contributed by atoms with van der Waals surface area (Å²) >= 11 is 0. The molecule has 3 nitrogen and oxygen atoms in total. The van der Waals surface area contributed by atoms with Crippen molar-refractivity contribution in [3.05, 3.63) is 90.9 Å². The smallest absolute Gasteiger partial charge is 0.138 e. The minimum atomic E-state index is -0.221. The second-order valence-corrected chi connectivity index (χ2v) is 9.02. The average Bonchev–Trinajstić information content (AvgIpc) is 2.90. The van der Waals surface area contributed by atoms with Crippen LogP contribution in [0, 0.1) is 5.82 Å². The molecule has 1 atom stereocenters. The fourth-order valence-corrected chi connectivity index (χ4v) is 3.94. The molecule has 0 amide bonds. The average molecular weight is 488 g/mol. The quantitative estimate of drug-likeness (QED) is 0.158. The Hall–Kier alpha value is -3.24. The van der Waals surface area contributed by atoms with Crippen LogP contribution in [-0.2, 0) is 4.74 Å². The summed E-state index contributed by atoms with van der Waals surface area (Å²) in [4.78, 5) is 4.46. The van der Waals surface area contributed by atoms with Gasteiger partial charge in [0, 0.05) is 17.7 Å². The number of allylic oxidation sites excluding steroid dienone is 1. The first-order valence-corrected chi connectivity index (χ1v) is 13.0. The highest BCUT2D eigenvalue weighted by atomic mass is 19.1. The molecule has 3 rings (SSSR count). The van der Waals surface area contributed by atoms with Gasteiger partial charge in [0.1, 0.15) is 18.2 Å². The van der Waals surface area contributed by atoms with Crippen molar-refractivity contribution in [2.45, 2.75) is 58.5 Å². The van der Waals surface area contributed by atoms with Gasteiger partial charge >= 0.3 is 0 Å². The highest BCUT2D eigenvalue weighted by molar-refractivity contribution is 5.70. The van der Waals surface area contributed by atoms with Crippen molar-refractivity contribution in [3.8, 4) is 28.1 Å². The summed E-state index contributed by atoms with van der Waals surface area (Å²) in [5, 5.41) is 0. The third-order valence-corrected chi connectivity index (χ3v) is 6.03. The Labute approximate surface area is 215 Å². The van der Waals surface area contributed by atoms with E-state index in [-0.39, 0.29) is 5.82 Å². The molecule has 36 heavy (non-hydrogen) atoms. The van der Waals surface area contributed by atoms with Gasteiger partial charge in [-0.1, -0.05) is 81.0 Å². The number of hydrogen-bond acceptors (Lipinski definition) is 3. The molecule has 0 aliphatic heterocycles. The standard InChI is InChI=1S/C32H38FNO2/c1-4-6-10-22-35-25(3)11-8-7-9-12-26-13-19-30(31(33)23-26)27-14-16-28(17-15-27)32-20-18-29(24-34-32)36-21-5-2/h5,9,12-20,23-25H,2,4,6-8,10-11,21-22H2,1,3H3. The third-order valence-electron chi connectivity index (χ3n) is 6.03. The van der Waals surface area contributed by atoms with Gasteiger partial charge in [0.2, 0.25) is 0 Å². The molecular formula is C32H38FNO2. The molecule has 3 aromatic rings. The Morgan fingerprint density at radius 1 is 1.00 bits per heavy atom. The third kappa shape index (κ3) is 8.76. The van der Waals surface area contributed by atoms with Crippen molar-refractivity contribution in [3.63, 3.8) is 0 Å². The molecule has 4 heteroatoms. The van der Waals surface area contributed by atoms with Gasteiger partial charge in [-0.05, 0) is 61.9 Å². The Kier molecular flexibility index (Phi) is 11.4. The van der Waals surface area contributed by atoms with Gasteiger partial charge in [-0.25, -0.2) is 4.39 Å². The van der Waals surface area contributed by atoms with Crippen molar-refractivity contribution < 1.29 is 13.9 Å². The van der Waals surface area contributed by atoms with Gasteiger partial charge in [0.25, 0.3) is 0 Å². The van der Waals surface area contributed by atoms with Crippen LogP contribution in [0.2, 0.25) is 0 Å². The van der Waals surface area contributed by atoms with Gasteiger partial charge in [0.15, 0.2) is 0 Å². The summed E-state index contributed by atoms with van der Waals surface area (Å²) in [5.74, 6) is 0.480. The molecule has 0 fully saturated rings. The van der Waals surface area contributed by atoms with Crippen molar-refractivity contribution >= 4 is 6.08 Å². The zero-order valence-electron chi connectivity index (χ0n) is 21.6. The SMILES string of the molecule is C=CCOc1ccc(-c2ccc(-c3ccc(C=CCCCC(C)OCCCCC)cc3F)cc2)nc1. The van der Waals surface area contributed by atoms with Crippen LogP contribution in [0.25, 0.3) is 28.5 Å². The van der Waals surface area contributed by atoms with Crippen molar-refractivity contribution in [1.82, 2.24) is 4.98 Å². The highest BCUT2D eigenvalue weighted by Crippen LogP contribution is 2.27. The predicted octanol–water partition coefficient (Wildman–Crippen LogP) is 8.90. The predicted molar refractivity (Wildman–Crippen MR) is 149 cm³/mol. The first-order chi connectivity index (χ1) is 17.6. The highest BCUT2D eigenvalue weighted by Gasteiger charge is 2.07. The molecule has 1 heterocycles. The van der Waals surface area contributed by atoms with E-state index in [0.717, 1.165) is 54.7 Å². The maximum atomic E-state index is 14.9. The van der Waals surface area contributed by atoms with Crippen LogP contribution in [-0.4, -0.2) is 24.3 Å². The van der Waals surface area contributed by atoms with E-state index in [4.69, 9.17) is 9.47 Å². The van der Waals surface area contributed by atoms with Crippen LogP contribution in [0.3, 0.4) is 0 Å². The molecule has 1 unspecified atom stereocenters. The number of rotatable bonds is 15. The van der Waals surface area contributed by atoms with Gasteiger partial charge in [-0.3, -0.25) is 4.98 Å². The molecular weight excluding hydrogens is 449 g/mol. The summed E-state index contributed by atoms with van der Waals surface area (Å²) in [5.41, 5.74) is 4.11. The molecule has 2 aromatic carbocycles. The lowest BCUT2D eigenvalue weighted by Crippen LogP contribution is -2.08. The molecule has 1 aromatic heterocycles. The molecule has 0 N–H and O–H groups in total. The summed E-state index contributed by atoms with van der Waals surface area (Å²) in [6, 6.07) is 17.0.